The van der Waals surface area contributed by atoms with Gasteiger partial charge < -0.3 is 14.8 Å². The van der Waals surface area contributed by atoms with E-state index in [-0.39, 0.29) is 5.41 Å². The van der Waals surface area contributed by atoms with Crippen molar-refractivity contribution < 1.29 is 4.79 Å². The number of likely N-dealkylation sites (tertiary alicyclic amines) is 1. The molecule has 2 aliphatic heterocycles. The molecule has 2 aliphatic rings. The Balaban J connectivity index is 1.56. The van der Waals surface area contributed by atoms with E-state index in [4.69, 9.17) is 0 Å². The van der Waals surface area contributed by atoms with Gasteiger partial charge in [0.25, 0.3) is 0 Å². The summed E-state index contributed by atoms with van der Waals surface area (Å²) in [6, 6.07) is 0. The maximum atomic E-state index is 12.6. The molecule has 0 spiro atoms. The highest BCUT2D eigenvalue weighted by Gasteiger charge is 2.30. The lowest BCUT2D eigenvalue weighted by molar-refractivity contribution is -0.134. The zero-order valence-electron chi connectivity index (χ0n) is 15.5. The average Bonchev–Trinajstić information content (AvgIpc) is 2.98. The molecule has 0 aromatic carbocycles. The minimum absolute atomic E-state index is 0.183. The number of hydrogen-bond acceptors (Lipinski definition) is 4. The number of hydrogen-bond donors (Lipinski definition) is 1. The van der Waals surface area contributed by atoms with Gasteiger partial charge in [0.05, 0.1) is 6.54 Å². The van der Waals surface area contributed by atoms with Crippen molar-refractivity contribution in [2.24, 2.45) is 11.3 Å². The fourth-order valence-electron chi connectivity index (χ4n) is 3.50. The topological polar surface area (TPSA) is 63.1 Å². The minimum atomic E-state index is 0.183. The summed E-state index contributed by atoms with van der Waals surface area (Å²) in [6.07, 6.45) is 2.66. The molecule has 1 N–H and O–H groups in total. The van der Waals surface area contributed by atoms with E-state index in [9.17, 15) is 4.79 Å². The Hall–Kier alpha value is -1.43. The molecular weight excluding hydrogens is 302 g/mol. The van der Waals surface area contributed by atoms with Crippen LogP contribution >= 0.6 is 0 Å². The zero-order chi connectivity index (χ0) is 17.3. The Morgan fingerprint density at radius 2 is 1.96 bits per heavy atom. The highest BCUT2D eigenvalue weighted by Crippen LogP contribution is 2.31. The van der Waals surface area contributed by atoms with E-state index in [0.29, 0.717) is 24.2 Å². The van der Waals surface area contributed by atoms with Crippen LogP contribution in [0, 0.1) is 11.3 Å². The second kappa shape index (κ2) is 6.82. The smallest absolute Gasteiger partial charge is 0.222 e. The van der Waals surface area contributed by atoms with Crippen LogP contribution in [0.5, 0.6) is 0 Å². The van der Waals surface area contributed by atoms with Crippen LogP contribution in [0.15, 0.2) is 0 Å². The Morgan fingerprint density at radius 1 is 1.25 bits per heavy atom. The zero-order valence-corrected chi connectivity index (χ0v) is 15.5. The summed E-state index contributed by atoms with van der Waals surface area (Å²) in [7, 11) is 0. The van der Waals surface area contributed by atoms with E-state index >= 15 is 0 Å². The number of nitrogens with one attached hydrogen (secondary N) is 1. The molecule has 1 unspecified atom stereocenters. The fraction of sp³-hybridized carbons (Fsp3) is 0.833. The first-order valence-corrected chi connectivity index (χ1v) is 9.26. The first-order chi connectivity index (χ1) is 11.4. The molecule has 3 heterocycles. The molecule has 1 amide bonds. The van der Waals surface area contributed by atoms with E-state index in [1.807, 2.05) is 4.90 Å². The predicted octanol–water partition coefficient (Wildman–Crippen LogP) is 2.16. The minimum Gasteiger partial charge on any atom is -0.343 e. The van der Waals surface area contributed by atoms with Gasteiger partial charge in [-0.15, -0.1) is 10.2 Å². The average molecular weight is 333 g/mol. The lowest BCUT2D eigenvalue weighted by Gasteiger charge is -2.34. The monoisotopic (exact) mass is 333 g/mol. The van der Waals surface area contributed by atoms with E-state index in [1.54, 1.807) is 0 Å². The van der Waals surface area contributed by atoms with Crippen molar-refractivity contribution in [1.82, 2.24) is 25.0 Å². The molecule has 24 heavy (non-hydrogen) atoms. The molecule has 6 nitrogen and oxygen atoms in total. The summed E-state index contributed by atoms with van der Waals surface area (Å²) in [4.78, 5) is 14.6. The molecular formula is C18H31N5O. The molecule has 134 valence electrons. The predicted molar refractivity (Wildman–Crippen MR) is 93.5 cm³/mol. The SMILES string of the molecule is CC(CC(=O)N1CCC(c2nnc3n2CCNC3)CC1)C(C)(C)C. The summed E-state index contributed by atoms with van der Waals surface area (Å²) >= 11 is 0. The van der Waals surface area contributed by atoms with E-state index < -0.39 is 0 Å². The van der Waals surface area contributed by atoms with Gasteiger partial charge in [-0.3, -0.25) is 4.79 Å². The number of fused-ring (bicyclic) bond motifs is 1. The number of rotatable bonds is 3. The molecule has 0 saturated carbocycles. The summed E-state index contributed by atoms with van der Waals surface area (Å²) in [6.45, 7) is 13.3. The van der Waals surface area contributed by atoms with E-state index in [0.717, 1.165) is 57.2 Å². The van der Waals surface area contributed by atoms with Crippen molar-refractivity contribution in [2.45, 2.75) is 66.0 Å². The normalized spacial score (nSPS) is 20.8. The first-order valence-electron chi connectivity index (χ1n) is 9.26. The number of carbonyl (C=O) groups excluding carboxylic acids is 1. The van der Waals surface area contributed by atoms with Crippen molar-refractivity contribution in [1.29, 1.82) is 0 Å². The van der Waals surface area contributed by atoms with Crippen molar-refractivity contribution in [2.75, 3.05) is 19.6 Å². The summed E-state index contributed by atoms with van der Waals surface area (Å²) in [5.74, 6) is 3.32. The highest BCUT2D eigenvalue weighted by molar-refractivity contribution is 5.76. The molecule has 1 atom stereocenters. The fourth-order valence-corrected chi connectivity index (χ4v) is 3.50. The van der Waals surface area contributed by atoms with Gasteiger partial charge in [0.2, 0.25) is 5.91 Å². The number of aromatic nitrogens is 3. The molecule has 3 rings (SSSR count). The van der Waals surface area contributed by atoms with Gasteiger partial charge in [-0.25, -0.2) is 0 Å². The Kier molecular flexibility index (Phi) is 4.95. The molecule has 0 aliphatic carbocycles. The van der Waals surface area contributed by atoms with E-state index in [2.05, 4.69) is 47.8 Å². The number of piperidine rings is 1. The Morgan fingerprint density at radius 3 is 2.62 bits per heavy atom. The first kappa shape index (κ1) is 17.4. The van der Waals surface area contributed by atoms with Gasteiger partial charge >= 0.3 is 0 Å². The molecule has 1 saturated heterocycles. The van der Waals surface area contributed by atoms with E-state index in [1.165, 1.54) is 0 Å². The van der Waals surface area contributed by atoms with Gasteiger partial charge in [0.15, 0.2) is 0 Å². The van der Waals surface area contributed by atoms with Crippen LogP contribution in [0.25, 0.3) is 0 Å². The lowest BCUT2D eigenvalue weighted by atomic mass is 9.80. The van der Waals surface area contributed by atoms with Crippen LogP contribution in [0.1, 0.15) is 64.5 Å². The maximum Gasteiger partial charge on any atom is 0.222 e. The van der Waals surface area contributed by atoms with Crippen LogP contribution in [0.4, 0.5) is 0 Å². The Labute approximate surface area is 145 Å². The maximum absolute atomic E-state index is 12.6. The molecule has 6 heteroatoms. The largest absolute Gasteiger partial charge is 0.343 e. The van der Waals surface area contributed by atoms with Gasteiger partial charge in [0.1, 0.15) is 11.6 Å². The second-order valence-electron chi connectivity index (χ2n) is 8.43. The van der Waals surface area contributed by atoms with Crippen LogP contribution in [0.3, 0.4) is 0 Å². The number of nitrogens with zero attached hydrogens (tertiary/aromatic N) is 4. The Bertz CT molecular complexity index is 581. The molecule has 0 bridgehead atoms. The third kappa shape index (κ3) is 3.63. The molecule has 0 radical (unpaired) electrons. The second-order valence-corrected chi connectivity index (χ2v) is 8.43. The third-order valence-corrected chi connectivity index (χ3v) is 5.82. The van der Waals surface area contributed by atoms with Crippen LogP contribution in [0.2, 0.25) is 0 Å². The van der Waals surface area contributed by atoms with Crippen molar-refractivity contribution >= 4 is 5.91 Å². The quantitative estimate of drug-likeness (QED) is 0.921. The van der Waals surface area contributed by atoms with Crippen molar-refractivity contribution in [3.63, 3.8) is 0 Å². The van der Waals surface area contributed by atoms with Gasteiger partial charge in [0, 0.05) is 38.5 Å². The molecule has 1 fully saturated rings. The molecule has 1 aromatic rings. The summed E-state index contributed by atoms with van der Waals surface area (Å²) in [5, 5.41) is 12.1. The number of amides is 1. The summed E-state index contributed by atoms with van der Waals surface area (Å²) < 4.78 is 2.28. The van der Waals surface area contributed by atoms with Crippen molar-refractivity contribution in [3.8, 4) is 0 Å². The highest BCUT2D eigenvalue weighted by atomic mass is 16.2. The van der Waals surface area contributed by atoms with Gasteiger partial charge in [-0.2, -0.15) is 0 Å². The molecule has 1 aromatic heterocycles. The van der Waals surface area contributed by atoms with Crippen LogP contribution in [-0.4, -0.2) is 45.2 Å². The van der Waals surface area contributed by atoms with Gasteiger partial charge in [-0.1, -0.05) is 27.7 Å². The lowest BCUT2D eigenvalue weighted by Crippen LogP contribution is -2.40. The van der Waals surface area contributed by atoms with Crippen LogP contribution < -0.4 is 5.32 Å². The standard InChI is InChI=1S/C18H31N5O/c1-13(18(2,3)4)11-16(24)22-8-5-14(6-9-22)17-21-20-15-12-19-7-10-23(15)17/h13-14,19H,5-12H2,1-4H3. The van der Waals surface area contributed by atoms with Gasteiger partial charge in [-0.05, 0) is 24.2 Å². The number of carbonyl (C=O) groups is 1. The summed E-state index contributed by atoms with van der Waals surface area (Å²) in [5.41, 5.74) is 0.183. The van der Waals surface area contributed by atoms with Crippen molar-refractivity contribution in [3.05, 3.63) is 11.6 Å². The third-order valence-electron chi connectivity index (χ3n) is 5.82. The van der Waals surface area contributed by atoms with Crippen LogP contribution in [-0.2, 0) is 17.9 Å².